The van der Waals surface area contributed by atoms with Crippen LogP contribution in [0.4, 0.5) is 0 Å². The zero-order valence-electron chi connectivity index (χ0n) is 13.9. The Bertz CT molecular complexity index is 598. The first-order chi connectivity index (χ1) is 11.8. The number of nitrogens with one attached hydrogen (secondary N) is 2. The fourth-order valence-electron chi connectivity index (χ4n) is 2.07. The van der Waals surface area contributed by atoms with E-state index in [0.717, 1.165) is 37.8 Å². The Kier molecular flexibility index (Phi) is 7.97. The summed E-state index contributed by atoms with van der Waals surface area (Å²) in [5.74, 6) is 1.61. The number of halogens is 1. The molecule has 2 rings (SSSR count). The Balaban J connectivity index is 1.65. The lowest BCUT2D eigenvalue weighted by molar-refractivity contribution is 0.322. The molecular weight excluding hydrogens is 326 g/mol. The maximum absolute atomic E-state index is 5.85. The van der Waals surface area contributed by atoms with E-state index >= 15 is 0 Å². The van der Waals surface area contributed by atoms with Crippen molar-refractivity contribution in [2.75, 3.05) is 26.2 Å². The molecule has 7 heteroatoms. The van der Waals surface area contributed by atoms with E-state index in [1.807, 2.05) is 48.1 Å². The molecule has 2 N–H and O–H groups in total. The highest BCUT2D eigenvalue weighted by Gasteiger charge is 1.98. The van der Waals surface area contributed by atoms with Crippen LogP contribution in [0.25, 0.3) is 0 Å². The minimum Gasteiger partial charge on any atom is -0.492 e. The summed E-state index contributed by atoms with van der Waals surface area (Å²) in [6.45, 7) is 5.71. The first-order valence-corrected chi connectivity index (χ1v) is 8.53. The molecule has 6 nitrogen and oxygen atoms in total. The number of hydrogen-bond donors (Lipinski definition) is 2. The van der Waals surface area contributed by atoms with Gasteiger partial charge in [-0.3, -0.25) is 9.67 Å². The van der Waals surface area contributed by atoms with E-state index in [-0.39, 0.29) is 0 Å². The zero-order valence-corrected chi connectivity index (χ0v) is 14.7. The molecule has 1 heterocycles. The van der Waals surface area contributed by atoms with Gasteiger partial charge in [-0.25, -0.2) is 0 Å². The van der Waals surface area contributed by atoms with Crippen LogP contribution in [0.5, 0.6) is 5.75 Å². The monoisotopic (exact) mass is 349 g/mol. The lowest BCUT2D eigenvalue weighted by atomic mass is 10.3. The van der Waals surface area contributed by atoms with Gasteiger partial charge in [0.25, 0.3) is 0 Å². The van der Waals surface area contributed by atoms with Crippen molar-refractivity contribution in [2.24, 2.45) is 4.99 Å². The first kappa shape index (κ1) is 18.1. The highest BCUT2D eigenvalue weighted by molar-refractivity contribution is 6.30. The third-order valence-electron chi connectivity index (χ3n) is 3.20. The van der Waals surface area contributed by atoms with Gasteiger partial charge in [-0.2, -0.15) is 5.10 Å². The van der Waals surface area contributed by atoms with E-state index in [4.69, 9.17) is 16.3 Å². The van der Waals surface area contributed by atoms with Crippen molar-refractivity contribution in [1.29, 1.82) is 0 Å². The maximum Gasteiger partial charge on any atom is 0.191 e. The standard InChI is InChI=1S/C17H24ClN5O/c1-2-19-17(20-9-3-12-23-13-4-10-22-23)21-11-14-24-16-7-5-15(18)6-8-16/h4-8,10,13H,2-3,9,11-12,14H2,1H3,(H2,19,20,21). The molecule has 1 aromatic heterocycles. The first-order valence-electron chi connectivity index (χ1n) is 8.16. The molecule has 130 valence electrons. The van der Waals surface area contributed by atoms with Gasteiger partial charge in [0.05, 0.1) is 6.54 Å². The van der Waals surface area contributed by atoms with Gasteiger partial charge in [0.1, 0.15) is 12.4 Å². The molecule has 0 atom stereocenters. The molecule has 0 spiro atoms. The zero-order chi connectivity index (χ0) is 17.0. The topological polar surface area (TPSA) is 63.5 Å². The summed E-state index contributed by atoms with van der Waals surface area (Å²) in [5.41, 5.74) is 0. The van der Waals surface area contributed by atoms with Gasteiger partial charge < -0.3 is 15.4 Å². The van der Waals surface area contributed by atoms with E-state index < -0.39 is 0 Å². The molecule has 0 bridgehead atoms. The van der Waals surface area contributed by atoms with Crippen molar-refractivity contribution in [3.63, 3.8) is 0 Å². The molecule has 0 amide bonds. The van der Waals surface area contributed by atoms with Gasteiger partial charge in [-0.15, -0.1) is 0 Å². The van der Waals surface area contributed by atoms with Crippen LogP contribution in [0.15, 0.2) is 47.7 Å². The molecule has 0 saturated heterocycles. The average Bonchev–Trinajstić information content (AvgIpc) is 3.10. The second kappa shape index (κ2) is 10.5. The number of aromatic nitrogens is 2. The van der Waals surface area contributed by atoms with Crippen molar-refractivity contribution in [1.82, 2.24) is 20.4 Å². The predicted octanol–water partition coefficient (Wildman–Crippen LogP) is 2.56. The molecule has 2 aromatic rings. The molecule has 0 aliphatic rings. The van der Waals surface area contributed by atoms with E-state index in [9.17, 15) is 0 Å². The van der Waals surface area contributed by atoms with Crippen LogP contribution in [0.1, 0.15) is 13.3 Å². The summed E-state index contributed by atoms with van der Waals surface area (Å²) in [7, 11) is 0. The molecule has 1 aromatic carbocycles. The third kappa shape index (κ3) is 6.91. The van der Waals surface area contributed by atoms with Crippen molar-refractivity contribution < 1.29 is 4.74 Å². The van der Waals surface area contributed by atoms with Crippen LogP contribution in [0, 0.1) is 0 Å². The highest BCUT2D eigenvalue weighted by Crippen LogP contribution is 2.14. The number of benzene rings is 1. The minimum absolute atomic E-state index is 0.555. The highest BCUT2D eigenvalue weighted by atomic mass is 35.5. The van der Waals surface area contributed by atoms with Crippen LogP contribution in [-0.4, -0.2) is 42.0 Å². The van der Waals surface area contributed by atoms with Crippen molar-refractivity contribution in [2.45, 2.75) is 19.9 Å². The third-order valence-corrected chi connectivity index (χ3v) is 3.45. The summed E-state index contributed by atoms with van der Waals surface area (Å²) < 4.78 is 7.56. The lowest BCUT2D eigenvalue weighted by Crippen LogP contribution is -2.39. The fourth-order valence-corrected chi connectivity index (χ4v) is 2.19. The van der Waals surface area contributed by atoms with E-state index in [2.05, 4.69) is 20.7 Å². The molecule has 0 aliphatic heterocycles. The second-order valence-electron chi connectivity index (χ2n) is 5.11. The van der Waals surface area contributed by atoms with Crippen LogP contribution in [-0.2, 0) is 6.54 Å². The second-order valence-corrected chi connectivity index (χ2v) is 5.55. The normalized spacial score (nSPS) is 11.3. The van der Waals surface area contributed by atoms with Crippen molar-refractivity contribution in [3.05, 3.63) is 47.7 Å². The maximum atomic E-state index is 5.85. The average molecular weight is 350 g/mol. The van der Waals surface area contributed by atoms with Gasteiger partial charge in [0.15, 0.2) is 5.96 Å². The Labute approximate surface area is 147 Å². The van der Waals surface area contributed by atoms with Gasteiger partial charge in [-0.1, -0.05) is 11.6 Å². The molecular formula is C17H24ClN5O. The van der Waals surface area contributed by atoms with Gasteiger partial charge in [0, 0.05) is 37.1 Å². The van der Waals surface area contributed by atoms with Crippen LogP contribution in [0.2, 0.25) is 5.02 Å². The number of ether oxygens (including phenoxy) is 1. The summed E-state index contributed by atoms with van der Waals surface area (Å²) >= 11 is 5.85. The van der Waals surface area contributed by atoms with E-state index in [0.29, 0.717) is 18.2 Å². The summed E-state index contributed by atoms with van der Waals surface area (Å²) in [4.78, 5) is 4.55. The Morgan fingerprint density at radius 3 is 2.83 bits per heavy atom. The molecule has 0 unspecified atom stereocenters. The van der Waals surface area contributed by atoms with Crippen LogP contribution >= 0.6 is 11.6 Å². The fraction of sp³-hybridized carbons (Fsp3) is 0.412. The van der Waals surface area contributed by atoms with E-state index in [1.54, 1.807) is 6.20 Å². The van der Waals surface area contributed by atoms with Gasteiger partial charge in [0.2, 0.25) is 0 Å². The van der Waals surface area contributed by atoms with E-state index in [1.165, 1.54) is 0 Å². The molecule has 0 radical (unpaired) electrons. The number of guanidine groups is 1. The summed E-state index contributed by atoms with van der Waals surface area (Å²) in [5, 5.41) is 11.4. The Morgan fingerprint density at radius 2 is 2.12 bits per heavy atom. The molecule has 0 saturated carbocycles. The number of hydrogen-bond acceptors (Lipinski definition) is 3. The van der Waals surface area contributed by atoms with Gasteiger partial charge >= 0.3 is 0 Å². The minimum atomic E-state index is 0.555. The molecule has 24 heavy (non-hydrogen) atoms. The number of nitrogens with zero attached hydrogens (tertiary/aromatic N) is 3. The number of rotatable bonds is 9. The summed E-state index contributed by atoms with van der Waals surface area (Å²) in [6, 6.07) is 9.27. The lowest BCUT2D eigenvalue weighted by Gasteiger charge is -2.12. The van der Waals surface area contributed by atoms with Crippen molar-refractivity contribution >= 4 is 17.6 Å². The van der Waals surface area contributed by atoms with Crippen molar-refractivity contribution in [3.8, 4) is 5.75 Å². The summed E-state index contributed by atoms with van der Waals surface area (Å²) in [6.07, 6.45) is 4.69. The van der Waals surface area contributed by atoms with Crippen LogP contribution < -0.4 is 15.4 Å². The largest absolute Gasteiger partial charge is 0.492 e. The number of aliphatic imine (C=N–C) groups is 1. The van der Waals surface area contributed by atoms with Gasteiger partial charge in [-0.05, 0) is 43.7 Å². The Morgan fingerprint density at radius 1 is 1.29 bits per heavy atom. The molecule has 0 aliphatic carbocycles. The molecule has 0 fully saturated rings. The Hall–Kier alpha value is -2.21. The SMILES string of the molecule is CCNC(=NCCCn1cccn1)NCCOc1ccc(Cl)cc1. The quantitative estimate of drug-likeness (QED) is 0.415. The smallest absolute Gasteiger partial charge is 0.191 e. The predicted molar refractivity (Wildman–Crippen MR) is 97.8 cm³/mol. The van der Waals surface area contributed by atoms with Crippen LogP contribution in [0.3, 0.4) is 0 Å². The number of aryl methyl sites for hydroxylation is 1.